The highest BCUT2D eigenvalue weighted by Gasteiger charge is 2.23. The lowest BCUT2D eigenvalue weighted by Crippen LogP contribution is -2.17. The smallest absolute Gasteiger partial charge is 0.224 e. The zero-order chi connectivity index (χ0) is 13.0. The molecule has 0 aliphatic heterocycles. The van der Waals surface area contributed by atoms with Crippen molar-refractivity contribution in [1.29, 1.82) is 0 Å². The van der Waals surface area contributed by atoms with Gasteiger partial charge in [0.05, 0.1) is 6.20 Å². The van der Waals surface area contributed by atoms with Crippen LogP contribution in [0.5, 0.6) is 0 Å². The van der Waals surface area contributed by atoms with E-state index in [1.54, 1.807) is 6.20 Å². The summed E-state index contributed by atoms with van der Waals surface area (Å²) >= 11 is 6.10. The molecule has 0 bridgehead atoms. The lowest BCUT2D eigenvalue weighted by atomic mass is 9.98. The molecule has 0 saturated heterocycles. The van der Waals surface area contributed by atoms with Gasteiger partial charge in [0, 0.05) is 13.1 Å². The average Bonchev–Trinajstić information content (AvgIpc) is 2.76. The topological polar surface area (TPSA) is 49.8 Å². The van der Waals surface area contributed by atoms with Crippen molar-refractivity contribution < 1.29 is 0 Å². The molecular weight excluding hydrogens is 248 g/mol. The Morgan fingerprint density at radius 2 is 2.22 bits per heavy atom. The SMILES string of the molecule is CCNc1ncc(Cl)c(NCC2CCCC2C)n1. The Labute approximate surface area is 114 Å². The Kier molecular flexibility index (Phi) is 4.64. The molecule has 18 heavy (non-hydrogen) atoms. The molecule has 2 unspecified atom stereocenters. The Morgan fingerprint density at radius 3 is 2.89 bits per heavy atom. The van der Waals surface area contributed by atoms with Gasteiger partial charge < -0.3 is 10.6 Å². The summed E-state index contributed by atoms with van der Waals surface area (Å²) in [6.45, 7) is 6.10. The van der Waals surface area contributed by atoms with Crippen molar-refractivity contribution in [2.24, 2.45) is 11.8 Å². The van der Waals surface area contributed by atoms with E-state index in [1.807, 2.05) is 6.92 Å². The predicted octanol–water partition coefficient (Wildman–Crippen LogP) is 3.41. The van der Waals surface area contributed by atoms with Gasteiger partial charge in [0.15, 0.2) is 0 Å². The summed E-state index contributed by atoms with van der Waals surface area (Å²) in [6.07, 6.45) is 5.63. The molecule has 0 spiro atoms. The molecule has 2 N–H and O–H groups in total. The van der Waals surface area contributed by atoms with E-state index in [0.29, 0.717) is 11.0 Å². The van der Waals surface area contributed by atoms with Crippen LogP contribution in [0.4, 0.5) is 11.8 Å². The second kappa shape index (κ2) is 6.23. The molecule has 0 radical (unpaired) electrons. The van der Waals surface area contributed by atoms with Gasteiger partial charge >= 0.3 is 0 Å². The fourth-order valence-electron chi connectivity index (χ4n) is 2.49. The zero-order valence-corrected chi connectivity index (χ0v) is 11.8. The summed E-state index contributed by atoms with van der Waals surface area (Å²) in [5.41, 5.74) is 0. The minimum Gasteiger partial charge on any atom is -0.368 e. The summed E-state index contributed by atoms with van der Waals surface area (Å²) in [7, 11) is 0. The molecule has 0 amide bonds. The first-order valence-corrected chi connectivity index (χ1v) is 7.08. The monoisotopic (exact) mass is 268 g/mol. The minimum atomic E-state index is 0.585. The van der Waals surface area contributed by atoms with Crippen molar-refractivity contribution in [3.05, 3.63) is 11.2 Å². The van der Waals surface area contributed by atoms with Crippen LogP contribution in [0.3, 0.4) is 0 Å². The van der Waals surface area contributed by atoms with Gasteiger partial charge in [0.2, 0.25) is 5.95 Å². The van der Waals surface area contributed by atoms with Crippen LogP contribution in [0.15, 0.2) is 6.20 Å². The van der Waals surface area contributed by atoms with Gasteiger partial charge in [-0.15, -0.1) is 0 Å². The number of anilines is 2. The van der Waals surface area contributed by atoms with Crippen LogP contribution in [0.1, 0.15) is 33.1 Å². The van der Waals surface area contributed by atoms with Gasteiger partial charge in [0.25, 0.3) is 0 Å². The van der Waals surface area contributed by atoms with E-state index in [-0.39, 0.29) is 0 Å². The lowest BCUT2D eigenvalue weighted by Gasteiger charge is -2.17. The standard InChI is InChI=1S/C13H21ClN4/c1-3-15-13-17-8-11(14)12(18-13)16-7-10-6-4-5-9(10)2/h8-10H,3-7H2,1-2H3,(H2,15,16,17,18). The first-order chi connectivity index (χ1) is 8.70. The van der Waals surface area contributed by atoms with E-state index < -0.39 is 0 Å². The van der Waals surface area contributed by atoms with Crippen LogP contribution in [0.25, 0.3) is 0 Å². The van der Waals surface area contributed by atoms with E-state index in [9.17, 15) is 0 Å². The third-order valence-electron chi connectivity index (χ3n) is 3.65. The van der Waals surface area contributed by atoms with Gasteiger partial charge in [-0.1, -0.05) is 31.4 Å². The van der Waals surface area contributed by atoms with E-state index in [1.165, 1.54) is 19.3 Å². The number of nitrogens with one attached hydrogen (secondary N) is 2. The second-order valence-electron chi connectivity index (χ2n) is 4.97. The summed E-state index contributed by atoms with van der Waals surface area (Å²) in [4.78, 5) is 8.51. The third kappa shape index (κ3) is 3.25. The molecule has 1 aliphatic rings. The van der Waals surface area contributed by atoms with Crippen LogP contribution in [-0.4, -0.2) is 23.1 Å². The van der Waals surface area contributed by atoms with E-state index in [2.05, 4.69) is 27.5 Å². The number of halogens is 1. The molecule has 5 heteroatoms. The zero-order valence-electron chi connectivity index (χ0n) is 11.0. The van der Waals surface area contributed by atoms with Crippen molar-refractivity contribution in [3.63, 3.8) is 0 Å². The summed E-state index contributed by atoms with van der Waals surface area (Å²) < 4.78 is 0. The fourth-order valence-corrected chi connectivity index (χ4v) is 2.65. The molecule has 1 fully saturated rings. The molecule has 1 aliphatic carbocycles. The van der Waals surface area contributed by atoms with E-state index >= 15 is 0 Å². The maximum absolute atomic E-state index is 6.10. The number of hydrogen-bond acceptors (Lipinski definition) is 4. The number of hydrogen-bond donors (Lipinski definition) is 2. The van der Waals surface area contributed by atoms with Gasteiger partial charge in [-0.3, -0.25) is 0 Å². The Hall–Kier alpha value is -1.03. The van der Waals surface area contributed by atoms with Crippen LogP contribution < -0.4 is 10.6 Å². The van der Waals surface area contributed by atoms with Crippen molar-refractivity contribution in [2.75, 3.05) is 23.7 Å². The molecule has 100 valence electrons. The quantitative estimate of drug-likeness (QED) is 0.859. The van der Waals surface area contributed by atoms with Crippen LogP contribution in [0.2, 0.25) is 5.02 Å². The van der Waals surface area contributed by atoms with E-state index in [4.69, 9.17) is 11.6 Å². The highest BCUT2D eigenvalue weighted by molar-refractivity contribution is 6.32. The molecule has 1 aromatic rings. The summed E-state index contributed by atoms with van der Waals surface area (Å²) in [5.74, 6) is 2.90. The molecule has 4 nitrogen and oxygen atoms in total. The number of rotatable bonds is 5. The molecule has 1 heterocycles. The first kappa shape index (κ1) is 13.4. The average molecular weight is 269 g/mol. The molecule has 1 saturated carbocycles. The van der Waals surface area contributed by atoms with Crippen molar-refractivity contribution in [2.45, 2.75) is 33.1 Å². The van der Waals surface area contributed by atoms with Crippen LogP contribution in [-0.2, 0) is 0 Å². The first-order valence-electron chi connectivity index (χ1n) is 6.71. The Bertz CT molecular complexity index is 397. The Morgan fingerprint density at radius 1 is 1.39 bits per heavy atom. The van der Waals surface area contributed by atoms with Crippen LogP contribution >= 0.6 is 11.6 Å². The van der Waals surface area contributed by atoms with Crippen molar-refractivity contribution >= 4 is 23.4 Å². The van der Waals surface area contributed by atoms with Crippen LogP contribution in [0, 0.1) is 11.8 Å². The minimum absolute atomic E-state index is 0.585. The maximum Gasteiger partial charge on any atom is 0.224 e. The molecule has 1 aromatic heterocycles. The maximum atomic E-state index is 6.10. The van der Waals surface area contributed by atoms with Crippen molar-refractivity contribution in [1.82, 2.24) is 9.97 Å². The molecule has 2 rings (SSSR count). The second-order valence-corrected chi connectivity index (χ2v) is 5.38. The van der Waals surface area contributed by atoms with Gasteiger partial charge in [-0.2, -0.15) is 4.98 Å². The van der Waals surface area contributed by atoms with Crippen molar-refractivity contribution in [3.8, 4) is 0 Å². The lowest BCUT2D eigenvalue weighted by molar-refractivity contribution is 0.439. The van der Waals surface area contributed by atoms with Gasteiger partial charge in [-0.05, 0) is 25.2 Å². The highest BCUT2D eigenvalue weighted by Crippen LogP contribution is 2.31. The van der Waals surface area contributed by atoms with Gasteiger partial charge in [0.1, 0.15) is 10.8 Å². The van der Waals surface area contributed by atoms with Gasteiger partial charge in [-0.25, -0.2) is 4.98 Å². The molecular formula is C13H21ClN4. The number of aromatic nitrogens is 2. The highest BCUT2D eigenvalue weighted by atomic mass is 35.5. The molecule has 0 aromatic carbocycles. The largest absolute Gasteiger partial charge is 0.368 e. The molecule has 2 atom stereocenters. The predicted molar refractivity (Wildman–Crippen MR) is 76.2 cm³/mol. The summed E-state index contributed by atoms with van der Waals surface area (Å²) in [6, 6.07) is 0. The normalized spacial score (nSPS) is 23.1. The summed E-state index contributed by atoms with van der Waals surface area (Å²) in [5, 5.41) is 7.04. The third-order valence-corrected chi connectivity index (χ3v) is 3.93. The van der Waals surface area contributed by atoms with E-state index in [0.717, 1.165) is 30.7 Å². The fraction of sp³-hybridized carbons (Fsp3) is 0.692. The number of nitrogens with zero attached hydrogens (tertiary/aromatic N) is 2. The Balaban J connectivity index is 1.97.